The topological polar surface area (TPSA) is 43.4 Å². The molecule has 3 nitrogen and oxygen atoms in total. The molecule has 0 aliphatic heterocycles. The summed E-state index contributed by atoms with van der Waals surface area (Å²) in [7, 11) is 0. The van der Waals surface area contributed by atoms with Gasteiger partial charge in [0.2, 0.25) is 5.12 Å². The Morgan fingerprint density at radius 1 is 1.38 bits per heavy atom. The van der Waals surface area contributed by atoms with Crippen molar-refractivity contribution in [2.75, 3.05) is 5.75 Å². The van der Waals surface area contributed by atoms with Gasteiger partial charge < -0.3 is 4.29 Å². The van der Waals surface area contributed by atoms with E-state index in [4.69, 9.17) is 11.9 Å². The molecule has 0 heterocycles. The van der Waals surface area contributed by atoms with E-state index in [-0.39, 0.29) is 5.12 Å². The van der Waals surface area contributed by atoms with Crippen LogP contribution in [0.4, 0.5) is 0 Å². The molecule has 0 fully saturated rings. The van der Waals surface area contributed by atoms with Crippen LogP contribution in [0.1, 0.15) is 17.3 Å². The minimum Gasteiger partial charge on any atom is -0.347 e. The van der Waals surface area contributed by atoms with Crippen LogP contribution in [0.5, 0.6) is 0 Å². The summed E-state index contributed by atoms with van der Waals surface area (Å²) in [5.41, 5.74) is 0.624. The van der Waals surface area contributed by atoms with Crippen LogP contribution in [0.25, 0.3) is 0 Å². The average Bonchev–Trinajstić information content (AvgIpc) is 2.35. The van der Waals surface area contributed by atoms with Crippen molar-refractivity contribution >= 4 is 34.7 Å². The number of benzene rings is 1. The smallest absolute Gasteiger partial charge is 0.328 e. The Kier molecular flexibility index (Phi) is 5.35. The maximum atomic E-state index is 11.6. The summed E-state index contributed by atoms with van der Waals surface area (Å²) in [4.78, 5) is 22.6. The number of rotatable bonds is 4. The molecule has 1 atom stereocenters. The monoisotopic (exact) mass is 258 g/mol. The van der Waals surface area contributed by atoms with Gasteiger partial charge in [0.05, 0.1) is 5.92 Å². The van der Waals surface area contributed by atoms with Crippen molar-refractivity contribution in [3.05, 3.63) is 35.9 Å². The van der Waals surface area contributed by atoms with Gasteiger partial charge in [-0.25, -0.2) is 0 Å². The number of hydrogen-bond acceptors (Lipinski definition) is 4. The maximum absolute atomic E-state index is 11.6. The molecule has 0 aromatic heterocycles. The minimum absolute atomic E-state index is 0.0603. The van der Waals surface area contributed by atoms with Gasteiger partial charge >= 0.3 is 5.97 Å². The number of carbonyl (C=O) groups is 2. The number of thioether (sulfide) groups is 1. The number of halogens is 1. The SMILES string of the molecule is C[C@H](CSC(=O)c1ccccc1)C(=O)OCl. The third kappa shape index (κ3) is 3.87. The fourth-order valence-corrected chi connectivity index (χ4v) is 1.99. The van der Waals surface area contributed by atoms with Crippen LogP contribution >= 0.6 is 23.6 Å². The Labute approximate surface area is 103 Å². The third-order valence-electron chi connectivity index (χ3n) is 1.95. The van der Waals surface area contributed by atoms with Crippen molar-refractivity contribution in [1.29, 1.82) is 0 Å². The van der Waals surface area contributed by atoms with Crippen LogP contribution in [-0.2, 0) is 9.08 Å². The molecule has 0 amide bonds. The molecule has 0 saturated carbocycles. The molecule has 0 aliphatic carbocycles. The van der Waals surface area contributed by atoms with Crippen LogP contribution in [0.2, 0.25) is 0 Å². The first-order valence-corrected chi connectivity index (χ1v) is 5.99. The Morgan fingerprint density at radius 2 is 2.00 bits per heavy atom. The summed E-state index contributed by atoms with van der Waals surface area (Å²) in [5, 5.41) is -0.0603. The highest BCUT2D eigenvalue weighted by molar-refractivity contribution is 8.14. The highest BCUT2D eigenvalue weighted by atomic mass is 35.5. The van der Waals surface area contributed by atoms with Gasteiger partial charge in [-0.05, 0) is 0 Å². The summed E-state index contributed by atoms with van der Waals surface area (Å²) in [6.07, 6.45) is 0. The van der Waals surface area contributed by atoms with Gasteiger partial charge in [0.1, 0.15) is 11.9 Å². The van der Waals surface area contributed by atoms with Crippen LogP contribution in [0.15, 0.2) is 30.3 Å². The van der Waals surface area contributed by atoms with Gasteiger partial charge in [0.15, 0.2) is 0 Å². The first kappa shape index (κ1) is 13.1. The van der Waals surface area contributed by atoms with Crippen molar-refractivity contribution < 1.29 is 13.9 Å². The zero-order valence-electron chi connectivity index (χ0n) is 8.68. The van der Waals surface area contributed by atoms with E-state index < -0.39 is 11.9 Å². The standard InChI is InChI=1S/C11H11ClO3S/c1-8(10(13)15-12)7-16-11(14)9-5-3-2-4-6-9/h2-6,8H,7H2,1H3/t8-/m1/s1. The molecular weight excluding hydrogens is 248 g/mol. The van der Waals surface area contributed by atoms with Gasteiger partial charge in [-0.2, -0.15) is 0 Å². The lowest BCUT2D eigenvalue weighted by Crippen LogP contribution is -2.14. The molecular formula is C11H11ClO3S. The van der Waals surface area contributed by atoms with E-state index in [9.17, 15) is 9.59 Å². The van der Waals surface area contributed by atoms with Crippen LogP contribution in [0, 0.1) is 5.92 Å². The quantitative estimate of drug-likeness (QED) is 0.833. The lowest BCUT2D eigenvalue weighted by molar-refractivity contribution is -0.137. The highest BCUT2D eigenvalue weighted by Gasteiger charge is 2.16. The van der Waals surface area contributed by atoms with Crippen molar-refractivity contribution in [3.63, 3.8) is 0 Å². The van der Waals surface area contributed by atoms with Gasteiger partial charge in [-0.3, -0.25) is 9.59 Å². The van der Waals surface area contributed by atoms with Gasteiger partial charge in [0, 0.05) is 11.3 Å². The van der Waals surface area contributed by atoms with Crippen molar-refractivity contribution in [3.8, 4) is 0 Å². The minimum atomic E-state index is -0.518. The summed E-state index contributed by atoms with van der Waals surface area (Å²) in [6.45, 7) is 1.66. The van der Waals surface area contributed by atoms with E-state index >= 15 is 0 Å². The maximum Gasteiger partial charge on any atom is 0.328 e. The predicted octanol–water partition coefficient (Wildman–Crippen LogP) is 2.89. The van der Waals surface area contributed by atoms with E-state index in [1.165, 1.54) is 0 Å². The molecule has 0 radical (unpaired) electrons. The molecule has 0 aliphatic rings. The second-order valence-corrected chi connectivity index (χ2v) is 4.41. The van der Waals surface area contributed by atoms with Crippen LogP contribution in [-0.4, -0.2) is 16.8 Å². The Morgan fingerprint density at radius 3 is 2.56 bits per heavy atom. The van der Waals surface area contributed by atoms with E-state index in [1.807, 2.05) is 6.07 Å². The van der Waals surface area contributed by atoms with Gasteiger partial charge in [-0.15, -0.1) is 0 Å². The molecule has 86 valence electrons. The summed E-state index contributed by atoms with van der Waals surface area (Å²) >= 11 is 6.02. The van der Waals surface area contributed by atoms with E-state index in [0.29, 0.717) is 11.3 Å². The summed E-state index contributed by atoms with van der Waals surface area (Å²) in [5.74, 6) is -0.551. The largest absolute Gasteiger partial charge is 0.347 e. The molecule has 0 bridgehead atoms. The Hall–Kier alpha value is -1.00. The van der Waals surface area contributed by atoms with E-state index in [2.05, 4.69) is 4.29 Å². The first-order chi connectivity index (χ1) is 7.65. The van der Waals surface area contributed by atoms with Crippen molar-refractivity contribution in [2.24, 2.45) is 5.92 Å². The Bertz CT molecular complexity index is 367. The third-order valence-corrected chi connectivity index (χ3v) is 3.27. The molecule has 1 aromatic carbocycles. The molecule has 1 rings (SSSR count). The first-order valence-electron chi connectivity index (χ1n) is 4.69. The number of hydrogen-bond donors (Lipinski definition) is 0. The Balaban J connectivity index is 2.45. The normalized spacial score (nSPS) is 11.9. The van der Waals surface area contributed by atoms with Crippen molar-refractivity contribution in [1.82, 2.24) is 0 Å². The highest BCUT2D eigenvalue weighted by Crippen LogP contribution is 2.16. The van der Waals surface area contributed by atoms with E-state index in [1.54, 1.807) is 31.2 Å². The molecule has 0 N–H and O–H groups in total. The average molecular weight is 259 g/mol. The van der Waals surface area contributed by atoms with Crippen molar-refractivity contribution in [2.45, 2.75) is 6.92 Å². The fraction of sp³-hybridized carbons (Fsp3) is 0.273. The molecule has 0 unspecified atom stereocenters. The molecule has 0 saturated heterocycles. The lowest BCUT2D eigenvalue weighted by atomic mass is 10.2. The fourth-order valence-electron chi connectivity index (χ4n) is 1.00. The summed E-state index contributed by atoms with van der Waals surface area (Å²) in [6, 6.07) is 8.91. The summed E-state index contributed by atoms with van der Waals surface area (Å²) < 4.78 is 4.06. The molecule has 16 heavy (non-hydrogen) atoms. The van der Waals surface area contributed by atoms with Gasteiger partial charge in [-0.1, -0.05) is 49.0 Å². The number of carbonyl (C=O) groups excluding carboxylic acids is 2. The lowest BCUT2D eigenvalue weighted by Gasteiger charge is -2.05. The molecule has 5 heteroatoms. The molecule has 0 spiro atoms. The zero-order valence-corrected chi connectivity index (χ0v) is 10.3. The van der Waals surface area contributed by atoms with E-state index in [0.717, 1.165) is 11.8 Å². The van der Waals surface area contributed by atoms with Crippen LogP contribution < -0.4 is 0 Å². The predicted molar refractivity (Wildman–Crippen MR) is 64.3 cm³/mol. The molecule has 1 aromatic rings. The second-order valence-electron chi connectivity index (χ2n) is 3.26. The second kappa shape index (κ2) is 6.55. The zero-order chi connectivity index (χ0) is 12.0. The van der Waals surface area contributed by atoms with Gasteiger partial charge in [0.25, 0.3) is 0 Å². The van der Waals surface area contributed by atoms with Crippen LogP contribution in [0.3, 0.4) is 0 Å².